The fourth-order valence-electron chi connectivity index (χ4n) is 2.56. The molecule has 1 aromatic heterocycles. The maximum absolute atomic E-state index is 12.2. The van der Waals surface area contributed by atoms with Gasteiger partial charge in [0.15, 0.2) is 5.69 Å². The predicted octanol–water partition coefficient (Wildman–Crippen LogP) is 1.53. The van der Waals surface area contributed by atoms with Crippen LogP contribution in [0.4, 0.5) is 0 Å². The van der Waals surface area contributed by atoms with E-state index in [0.717, 1.165) is 30.5 Å². The van der Waals surface area contributed by atoms with Crippen molar-refractivity contribution in [1.82, 2.24) is 20.3 Å². The van der Waals surface area contributed by atoms with Crippen LogP contribution in [0.15, 0.2) is 24.3 Å². The van der Waals surface area contributed by atoms with Gasteiger partial charge < -0.3 is 10.4 Å². The minimum atomic E-state index is -0.740. The lowest BCUT2D eigenvalue weighted by Crippen LogP contribution is -2.47. The van der Waals surface area contributed by atoms with Crippen molar-refractivity contribution < 1.29 is 9.90 Å². The summed E-state index contributed by atoms with van der Waals surface area (Å²) in [6.45, 7) is 4.09. The molecule has 2 N–H and O–H groups in total. The van der Waals surface area contributed by atoms with Crippen LogP contribution in [0.25, 0.3) is 5.69 Å². The van der Waals surface area contributed by atoms with Crippen molar-refractivity contribution in [3.63, 3.8) is 0 Å². The largest absolute Gasteiger partial charge is 0.388 e. The number of aryl methyl sites for hydroxylation is 1. The molecule has 1 heterocycles. The highest BCUT2D eigenvalue weighted by atomic mass is 16.3. The zero-order chi connectivity index (χ0) is 15.7. The second kappa shape index (κ2) is 5.53. The number of carbonyl (C=O) groups excluding carboxylic acids is 1. The molecule has 6 nitrogen and oxygen atoms in total. The molecule has 0 atom stereocenters. The smallest absolute Gasteiger partial charge is 0.273 e. The third kappa shape index (κ3) is 2.74. The number of hydrogen-bond donors (Lipinski definition) is 2. The third-order valence-corrected chi connectivity index (χ3v) is 4.25. The summed E-state index contributed by atoms with van der Waals surface area (Å²) < 4.78 is 1.65. The fourth-order valence-corrected chi connectivity index (χ4v) is 2.56. The maximum atomic E-state index is 12.2. The summed E-state index contributed by atoms with van der Waals surface area (Å²) >= 11 is 0. The number of benzene rings is 1. The molecule has 0 bridgehead atoms. The van der Waals surface area contributed by atoms with Crippen molar-refractivity contribution in [2.24, 2.45) is 0 Å². The number of hydrogen-bond acceptors (Lipinski definition) is 4. The standard InChI is InChI=1S/C16H20N4O2/c1-11-4-6-13(7-5-11)20-12(2)14(18-19-20)15(21)17-10-16(22)8-3-9-16/h4-7,22H,3,8-10H2,1-2H3,(H,17,21). The predicted molar refractivity (Wildman–Crippen MR) is 82.0 cm³/mol. The van der Waals surface area contributed by atoms with E-state index in [0.29, 0.717) is 11.4 Å². The Hall–Kier alpha value is -2.21. The highest BCUT2D eigenvalue weighted by Gasteiger charge is 2.35. The van der Waals surface area contributed by atoms with E-state index in [2.05, 4.69) is 15.6 Å². The van der Waals surface area contributed by atoms with E-state index in [1.54, 1.807) is 4.68 Å². The Labute approximate surface area is 129 Å². The Morgan fingerprint density at radius 1 is 1.32 bits per heavy atom. The molecule has 0 aliphatic heterocycles. The molecule has 2 aromatic rings. The van der Waals surface area contributed by atoms with Gasteiger partial charge in [0.2, 0.25) is 0 Å². The molecule has 0 saturated heterocycles. The number of aliphatic hydroxyl groups is 1. The molecule has 6 heteroatoms. The monoisotopic (exact) mass is 300 g/mol. The van der Waals surface area contributed by atoms with Gasteiger partial charge in [0.1, 0.15) is 0 Å². The van der Waals surface area contributed by atoms with E-state index < -0.39 is 5.60 Å². The normalized spacial score (nSPS) is 16.1. The van der Waals surface area contributed by atoms with Gasteiger partial charge in [-0.25, -0.2) is 4.68 Å². The number of rotatable bonds is 4. The number of carbonyl (C=O) groups is 1. The summed E-state index contributed by atoms with van der Waals surface area (Å²) in [6, 6.07) is 7.86. The minimum absolute atomic E-state index is 0.267. The molecular weight excluding hydrogens is 280 g/mol. The van der Waals surface area contributed by atoms with Crippen LogP contribution in [0.3, 0.4) is 0 Å². The summed E-state index contributed by atoms with van der Waals surface area (Å²) in [7, 11) is 0. The highest BCUT2D eigenvalue weighted by Crippen LogP contribution is 2.30. The summed E-state index contributed by atoms with van der Waals surface area (Å²) in [4.78, 5) is 12.2. The Balaban J connectivity index is 1.75. The van der Waals surface area contributed by atoms with Crippen molar-refractivity contribution >= 4 is 5.91 Å². The SMILES string of the molecule is Cc1ccc(-n2nnc(C(=O)NCC3(O)CCC3)c2C)cc1. The van der Waals surface area contributed by atoms with Gasteiger partial charge in [-0.05, 0) is 45.2 Å². The van der Waals surface area contributed by atoms with Gasteiger partial charge in [-0.3, -0.25) is 4.79 Å². The Kier molecular flexibility index (Phi) is 3.70. The minimum Gasteiger partial charge on any atom is -0.388 e. The maximum Gasteiger partial charge on any atom is 0.273 e. The fraction of sp³-hybridized carbons (Fsp3) is 0.438. The Morgan fingerprint density at radius 3 is 2.59 bits per heavy atom. The van der Waals surface area contributed by atoms with Crippen LogP contribution in [0.5, 0.6) is 0 Å². The number of nitrogens with one attached hydrogen (secondary N) is 1. The lowest BCUT2D eigenvalue weighted by atomic mass is 9.80. The van der Waals surface area contributed by atoms with E-state index in [1.165, 1.54) is 0 Å². The van der Waals surface area contributed by atoms with Gasteiger partial charge in [-0.1, -0.05) is 22.9 Å². The molecular formula is C16H20N4O2. The molecule has 0 spiro atoms. The quantitative estimate of drug-likeness (QED) is 0.897. The molecule has 116 valence electrons. The molecule has 0 unspecified atom stereocenters. The first-order valence-corrected chi connectivity index (χ1v) is 7.48. The van der Waals surface area contributed by atoms with E-state index >= 15 is 0 Å². The highest BCUT2D eigenvalue weighted by molar-refractivity contribution is 5.93. The van der Waals surface area contributed by atoms with Gasteiger partial charge in [0.25, 0.3) is 5.91 Å². The first kappa shape index (κ1) is 14.7. The van der Waals surface area contributed by atoms with Gasteiger partial charge >= 0.3 is 0 Å². The average Bonchev–Trinajstić information content (AvgIpc) is 2.85. The van der Waals surface area contributed by atoms with Crippen LogP contribution >= 0.6 is 0 Å². The molecule has 1 amide bonds. The molecule has 0 radical (unpaired) electrons. The van der Waals surface area contributed by atoms with Crippen LogP contribution in [-0.4, -0.2) is 38.2 Å². The third-order valence-electron chi connectivity index (χ3n) is 4.25. The van der Waals surface area contributed by atoms with Crippen LogP contribution in [-0.2, 0) is 0 Å². The van der Waals surface area contributed by atoms with Crippen LogP contribution in [0, 0.1) is 13.8 Å². The lowest BCUT2D eigenvalue weighted by Gasteiger charge is -2.36. The first-order chi connectivity index (χ1) is 10.5. The molecule has 1 aliphatic rings. The summed E-state index contributed by atoms with van der Waals surface area (Å²) in [5.74, 6) is -0.295. The van der Waals surface area contributed by atoms with E-state index in [1.807, 2.05) is 38.1 Å². The van der Waals surface area contributed by atoms with Gasteiger partial charge in [0, 0.05) is 6.54 Å². The van der Waals surface area contributed by atoms with Gasteiger partial charge in [0.05, 0.1) is 17.0 Å². The van der Waals surface area contributed by atoms with Crippen molar-refractivity contribution in [1.29, 1.82) is 0 Å². The zero-order valence-electron chi connectivity index (χ0n) is 12.8. The average molecular weight is 300 g/mol. The van der Waals surface area contributed by atoms with Crippen molar-refractivity contribution in [3.8, 4) is 5.69 Å². The van der Waals surface area contributed by atoms with Crippen molar-refractivity contribution in [2.45, 2.75) is 38.7 Å². The van der Waals surface area contributed by atoms with E-state index in [4.69, 9.17) is 0 Å². The van der Waals surface area contributed by atoms with E-state index in [-0.39, 0.29) is 12.5 Å². The molecule has 1 saturated carbocycles. The summed E-state index contributed by atoms with van der Waals surface area (Å²) in [6.07, 6.45) is 2.49. The molecule has 3 rings (SSSR count). The Morgan fingerprint density at radius 2 is 2.00 bits per heavy atom. The van der Waals surface area contributed by atoms with Gasteiger partial charge in [-0.15, -0.1) is 5.10 Å². The first-order valence-electron chi connectivity index (χ1n) is 7.48. The second-order valence-corrected chi connectivity index (χ2v) is 6.03. The van der Waals surface area contributed by atoms with Crippen LogP contribution < -0.4 is 5.32 Å². The molecule has 1 aliphatic carbocycles. The number of nitrogens with zero attached hydrogens (tertiary/aromatic N) is 3. The lowest BCUT2D eigenvalue weighted by molar-refractivity contribution is -0.0300. The van der Waals surface area contributed by atoms with Crippen LogP contribution in [0.1, 0.15) is 41.0 Å². The van der Waals surface area contributed by atoms with E-state index in [9.17, 15) is 9.90 Å². The zero-order valence-corrected chi connectivity index (χ0v) is 12.8. The molecule has 1 aromatic carbocycles. The summed E-state index contributed by atoms with van der Waals surface area (Å²) in [5, 5.41) is 20.8. The Bertz CT molecular complexity index is 687. The second-order valence-electron chi connectivity index (χ2n) is 6.03. The van der Waals surface area contributed by atoms with Crippen molar-refractivity contribution in [3.05, 3.63) is 41.2 Å². The van der Waals surface area contributed by atoms with Crippen molar-refractivity contribution in [2.75, 3.05) is 6.54 Å². The summed E-state index contributed by atoms with van der Waals surface area (Å²) in [5.41, 5.74) is 2.27. The molecule has 1 fully saturated rings. The number of aromatic nitrogens is 3. The van der Waals surface area contributed by atoms with Crippen LogP contribution in [0.2, 0.25) is 0 Å². The van der Waals surface area contributed by atoms with Gasteiger partial charge in [-0.2, -0.15) is 0 Å². The number of amides is 1. The topological polar surface area (TPSA) is 80.0 Å². The molecule has 22 heavy (non-hydrogen) atoms.